The Morgan fingerprint density at radius 2 is 2.26 bits per heavy atom. The van der Waals surface area contributed by atoms with Crippen LogP contribution in [0.3, 0.4) is 0 Å². The quantitative estimate of drug-likeness (QED) is 0.740. The van der Waals surface area contributed by atoms with E-state index in [9.17, 15) is 9.90 Å². The highest BCUT2D eigenvalue weighted by molar-refractivity contribution is 7.98. The lowest BCUT2D eigenvalue weighted by Gasteiger charge is -2.22. The summed E-state index contributed by atoms with van der Waals surface area (Å²) in [4.78, 5) is 12.1. The summed E-state index contributed by atoms with van der Waals surface area (Å²) >= 11 is 1.54. The van der Waals surface area contributed by atoms with Gasteiger partial charge in [0.05, 0.1) is 11.3 Å². The largest absolute Gasteiger partial charge is 0.397 e. The molecule has 0 aromatic carbocycles. The Hall–Kier alpha value is -1.14. The monoisotopic (exact) mass is 285 g/mol. The second-order valence-corrected chi connectivity index (χ2v) is 6.14. The number of thioether (sulfide) groups is 1. The summed E-state index contributed by atoms with van der Waals surface area (Å²) in [6.07, 6.45) is 3.67. The Bertz CT molecular complexity index is 441. The molecule has 1 rings (SSSR count). The van der Waals surface area contributed by atoms with E-state index in [1.807, 2.05) is 24.7 Å². The van der Waals surface area contributed by atoms with Gasteiger partial charge in [0.2, 0.25) is 0 Å². The van der Waals surface area contributed by atoms with E-state index < -0.39 is 5.60 Å². The fourth-order valence-electron chi connectivity index (χ4n) is 1.83. The maximum atomic E-state index is 12.1. The summed E-state index contributed by atoms with van der Waals surface area (Å²) in [7, 11) is 0. The fourth-order valence-corrected chi connectivity index (χ4v) is 2.56. The van der Waals surface area contributed by atoms with Crippen molar-refractivity contribution in [3.8, 4) is 0 Å². The lowest BCUT2D eigenvalue weighted by molar-refractivity contribution is 0.0719. The zero-order valence-electron chi connectivity index (χ0n) is 11.9. The van der Waals surface area contributed by atoms with Gasteiger partial charge in [-0.25, -0.2) is 0 Å². The number of hydrogen-bond acceptors (Lipinski definition) is 4. The van der Waals surface area contributed by atoms with E-state index >= 15 is 0 Å². The van der Waals surface area contributed by atoms with E-state index in [0.29, 0.717) is 17.1 Å². The van der Waals surface area contributed by atoms with Gasteiger partial charge < -0.3 is 20.7 Å². The summed E-state index contributed by atoms with van der Waals surface area (Å²) in [5, 5.41) is 12.8. The Labute approximate surface area is 118 Å². The van der Waals surface area contributed by atoms with Crippen molar-refractivity contribution in [2.75, 3.05) is 24.3 Å². The van der Waals surface area contributed by atoms with Gasteiger partial charge in [0.15, 0.2) is 0 Å². The van der Waals surface area contributed by atoms with Crippen molar-refractivity contribution in [1.29, 1.82) is 0 Å². The molecule has 0 spiro atoms. The molecule has 0 saturated carbocycles. The molecule has 0 saturated heterocycles. The number of aromatic nitrogens is 1. The first-order valence-corrected chi connectivity index (χ1v) is 7.63. The number of nitrogen functional groups attached to an aromatic ring is 1. The van der Waals surface area contributed by atoms with Crippen molar-refractivity contribution >= 4 is 23.4 Å². The van der Waals surface area contributed by atoms with Crippen LogP contribution in [0, 0.1) is 0 Å². The Balaban J connectivity index is 2.74. The number of anilines is 1. The standard InChI is InChI=1S/C13H23N3O2S/c1-9(2)16-6-10(14)5-11(16)12(17)15-7-13(3,18)8-19-4/h5-6,9,18H,7-8,14H2,1-4H3,(H,15,17). The molecule has 0 aliphatic heterocycles. The number of nitrogens with one attached hydrogen (secondary N) is 1. The first kappa shape index (κ1) is 15.9. The molecule has 1 amide bonds. The number of aliphatic hydroxyl groups is 1. The van der Waals surface area contributed by atoms with Crippen LogP contribution in [0.4, 0.5) is 5.69 Å². The third-order valence-corrected chi connectivity index (χ3v) is 3.65. The number of carbonyl (C=O) groups excluding carboxylic acids is 1. The highest BCUT2D eigenvalue weighted by Gasteiger charge is 2.22. The molecule has 0 aliphatic rings. The summed E-state index contributed by atoms with van der Waals surface area (Å²) in [6.45, 7) is 5.90. The first-order valence-electron chi connectivity index (χ1n) is 6.23. The molecule has 1 heterocycles. The number of rotatable bonds is 6. The van der Waals surface area contributed by atoms with Crippen molar-refractivity contribution in [2.24, 2.45) is 0 Å². The Morgan fingerprint density at radius 1 is 1.63 bits per heavy atom. The zero-order valence-corrected chi connectivity index (χ0v) is 12.8. The average molecular weight is 285 g/mol. The van der Waals surface area contributed by atoms with Crippen LogP contribution in [0.2, 0.25) is 0 Å². The number of nitrogens with two attached hydrogens (primary N) is 1. The van der Waals surface area contributed by atoms with Gasteiger partial charge >= 0.3 is 0 Å². The second kappa shape index (κ2) is 6.34. The minimum absolute atomic E-state index is 0.157. The fraction of sp³-hybridized carbons (Fsp3) is 0.615. The van der Waals surface area contributed by atoms with Crippen LogP contribution in [-0.2, 0) is 0 Å². The SMILES string of the molecule is CSCC(C)(O)CNC(=O)c1cc(N)cn1C(C)C. The smallest absolute Gasteiger partial charge is 0.268 e. The van der Waals surface area contributed by atoms with Gasteiger partial charge in [0.1, 0.15) is 5.69 Å². The normalized spacial score (nSPS) is 14.4. The minimum Gasteiger partial charge on any atom is -0.397 e. The van der Waals surface area contributed by atoms with Gasteiger partial charge in [0, 0.05) is 24.5 Å². The van der Waals surface area contributed by atoms with Crippen molar-refractivity contribution < 1.29 is 9.90 Å². The molecule has 0 aliphatic carbocycles. The van der Waals surface area contributed by atoms with Crippen LogP contribution in [0.5, 0.6) is 0 Å². The van der Waals surface area contributed by atoms with Crippen molar-refractivity contribution in [3.63, 3.8) is 0 Å². The molecule has 19 heavy (non-hydrogen) atoms. The summed E-state index contributed by atoms with van der Waals surface area (Å²) < 4.78 is 1.83. The molecular formula is C13H23N3O2S. The predicted molar refractivity (Wildman–Crippen MR) is 80.6 cm³/mol. The maximum absolute atomic E-state index is 12.1. The van der Waals surface area contributed by atoms with Crippen LogP contribution in [0.15, 0.2) is 12.3 Å². The lowest BCUT2D eigenvalue weighted by atomic mass is 10.1. The van der Waals surface area contributed by atoms with Gasteiger partial charge in [-0.05, 0) is 33.1 Å². The third kappa shape index (κ3) is 4.47. The number of nitrogens with zero attached hydrogens (tertiary/aromatic N) is 1. The second-order valence-electron chi connectivity index (χ2n) is 5.27. The van der Waals surface area contributed by atoms with E-state index in [2.05, 4.69) is 5.32 Å². The van der Waals surface area contributed by atoms with Crippen LogP contribution < -0.4 is 11.1 Å². The Kier molecular flexibility index (Phi) is 5.31. The summed E-state index contributed by atoms with van der Waals surface area (Å²) in [5.41, 5.74) is 5.91. The van der Waals surface area contributed by atoms with Gasteiger partial charge in [-0.15, -0.1) is 0 Å². The van der Waals surface area contributed by atoms with Gasteiger partial charge in [-0.3, -0.25) is 4.79 Å². The molecule has 1 aromatic rings. The van der Waals surface area contributed by atoms with Crippen LogP contribution in [0.1, 0.15) is 37.3 Å². The van der Waals surface area contributed by atoms with Crippen LogP contribution in [-0.4, -0.2) is 39.7 Å². The summed E-state index contributed by atoms with van der Waals surface area (Å²) in [5.74, 6) is 0.354. The number of carbonyl (C=O) groups is 1. The van der Waals surface area contributed by atoms with Gasteiger partial charge in [0.25, 0.3) is 5.91 Å². The molecule has 0 fully saturated rings. The molecule has 1 unspecified atom stereocenters. The Morgan fingerprint density at radius 3 is 2.79 bits per heavy atom. The summed E-state index contributed by atoms with van der Waals surface area (Å²) in [6, 6.07) is 1.81. The van der Waals surface area contributed by atoms with E-state index in [4.69, 9.17) is 5.73 Å². The molecule has 0 radical (unpaired) electrons. The number of amides is 1. The van der Waals surface area contributed by atoms with Gasteiger partial charge in [-0.1, -0.05) is 0 Å². The molecular weight excluding hydrogens is 262 g/mol. The molecule has 0 bridgehead atoms. The molecule has 5 nitrogen and oxygen atoms in total. The maximum Gasteiger partial charge on any atom is 0.268 e. The van der Waals surface area contributed by atoms with Crippen molar-refractivity contribution in [3.05, 3.63) is 18.0 Å². The van der Waals surface area contributed by atoms with Crippen molar-refractivity contribution in [2.45, 2.75) is 32.4 Å². The third-order valence-electron chi connectivity index (χ3n) is 2.74. The molecule has 1 aromatic heterocycles. The average Bonchev–Trinajstić information content (AvgIpc) is 2.68. The van der Waals surface area contributed by atoms with E-state index in [1.165, 1.54) is 0 Å². The van der Waals surface area contributed by atoms with Crippen LogP contribution >= 0.6 is 11.8 Å². The first-order chi connectivity index (χ1) is 8.76. The molecule has 6 heteroatoms. The molecule has 1 atom stereocenters. The molecule has 4 N–H and O–H groups in total. The highest BCUT2D eigenvalue weighted by atomic mass is 32.2. The van der Waals surface area contributed by atoms with Crippen molar-refractivity contribution in [1.82, 2.24) is 9.88 Å². The highest BCUT2D eigenvalue weighted by Crippen LogP contribution is 2.17. The van der Waals surface area contributed by atoms with E-state index in [1.54, 1.807) is 30.9 Å². The molecule has 108 valence electrons. The minimum atomic E-state index is -0.907. The van der Waals surface area contributed by atoms with E-state index in [0.717, 1.165) is 0 Å². The number of hydrogen-bond donors (Lipinski definition) is 3. The van der Waals surface area contributed by atoms with E-state index in [-0.39, 0.29) is 18.5 Å². The lowest BCUT2D eigenvalue weighted by Crippen LogP contribution is -2.42. The predicted octanol–water partition coefficient (Wildman–Crippen LogP) is 1.49. The van der Waals surface area contributed by atoms with Crippen LogP contribution in [0.25, 0.3) is 0 Å². The zero-order chi connectivity index (χ0) is 14.6. The van der Waals surface area contributed by atoms with Gasteiger partial charge in [-0.2, -0.15) is 11.8 Å². The topological polar surface area (TPSA) is 80.3 Å².